The van der Waals surface area contributed by atoms with Crippen LogP contribution in [-0.2, 0) is 0 Å². The molecule has 1 atom stereocenters. The highest BCUT2D eigenvalue weighted by Crippen LogP contribution is 2.44. The van der Waals surface area contributed by atoms with E-state index in [0.717, 1.165) is 16.8 Å². The number of aliphatic hydroxyl groups is 1. The van der Waals surface area contributed by atoms with Crippen molar-refractivity contribution in [2.75, 3.05) is 18.1 Å². The Morgan fingerprint density at radius 3 is 2.93 bits per heavy atom. The number of nitrogens with one attached hydrogen (secondary N) is 1. The number of fused-ring (bicyclic) bond motifs is 2. The Morgan fingerprint density at radius 1 is 1.27 bits per heavy atom. The van der Waals surface area contributed by atoms with Gasteiger partial charge in [-0.15, -0.1) is 0 Å². The van der Waals surface area contributed by atoms with E-state index in [0.29, 0.717) is 35.0 Å². The highest BCUT2D eigenvalue weighted by atomic mass is 19.1. The molecular weight excluding hydrogens is 383 g/mol. The standard InChI is InChI=1S/C23H19FN4O2/c1-2-14-6-9-21(25-11-14)28-16(12-29)13-30-22-17(4-3-5-20(22)28)23-26-18-8-7-15(24)10-19(18)27-23/h2-11,16,29H,1,12-13H2,(H,26,27)/t16-/m0/s1. The molecule has 1 aliphatic heterocycles. The van der Waals surface area contributed by atoms with Gasteiger partial charge in [0, 0.05) is 6.20 Å². The second-order valence-electron chi connectivity index (χ2n) is 7.07. The number of pyridine rings is 1. The number of H-pyrrole nitrogens is 1. The van der Waals surface area contributed by atoms with Crippen LogP contribution in [0.3, 0.4) is 0 Å². The number of rotatable bonds is 4. The van der Waals surface area contributed by atoms with Crippen molar-refractivity contribution in [3.05, 3.63) is 72.7 Å². The van der Waals surface area contributed by atoms with Gasteiger partial charge in [-0.1, -0.05) is 18.7 Å². The molecule has 2 aromatic carbocycles. The highest BCUT2D eigenvalue weighted by Gasteiger charge is 2.31. The smallest absolute Gasteiger partial charge is 0.154 e. The van der Waals surface area contributed by atoms with Gasteiger partial charge >= 0.3 is 0 Å². The number of anilines is 2. The molecule has 5 rings (SSSR count). The molecule has 2 aromatic heterocycles. The zero-order valence-corrected chi connectivity index (χ0v) is 16.0. The Balaban J connectivity index is 1.64. The Morgan fingerprint density at radius 2 is 2.17 bits per heavy atom. The minimum atomic E-state index is -0.324. The number of aliphatic hydroxyl groups excluding tert-OH is 1. The lowest BCUT2D eigenvalue weighted by Crippen LogP contribution is -2.43. The zero-order valence-electron chi connectivity index (χ0n) is 16.0. The lowest BCUT2D eigenvalue weighted by atomic mass is 10.1. The first-order chi connectivity index (χ1) is 14.7. The molecular formula is C23H19FN4O2. The number of imidazole rings is 1. The van der Waals surface area contributed by atoms with Crippen molar-refractivity contribution in [2.45, 2.75) is 6.04 Å². The number of aromatic nitrogens is 3. The van der Waals surface area contributed by atoms with Crippen molar-refractivity contribution in [1.82, 2.24) is 15.0 Å². The van der Waals surface area contributed by atoms with Crippen LogP contribution >= 0.6 is 0 Å². The molecule has 0 unspecified atom stereocenters. The van der Waals surface area contributed by atoms with Crippen molar-refractivity contribution >= 4 is 28.6 Å². The summed E-state index contributed by atoms with van der Waals surface area (Å²) in [4.78, 5) is 14.3. The molecule has 0 spiro atoms. The van der Waals surface area contributed by atoms with Crippen LogP contribution in [0.15, 0.2) is 61.3 Å². The van der Waals surface area contributed by atoms with Gasteiger partial charge in [0.25, 0.3) is 0 Å². The zero-order chi connectivity index (χ0) is 20.7. The molecule has 0 saturated heterocycles. The van der Waals surface area contributed by atoms with Gasteiger partial charge in [0.05, 0.1) is 34.9 Å². The van der Waals surface area contributed by atoms with Crippen LogP contribution in [0.4, 0.5) is 15.9 Å². The lowest BCUT2D eigenvalue weighted by molar-refractivity contribution is 0.195. The van der Waals surface area contributed by atoms with Crippen molar-refractivity contribution in [2.24, 2.45) is 0 Å². The molecule has 0 saturated carbocycles. The van der Waals surface area contributed by atoms with E-state index in [1.807, 2.05) is 35.2 Å². The van der Waals surface area contributed by atoms with Gasteiger partial charge in [-0.3, -0.25) is 0 Å². The van der Waals surface area contributed by atoms with Crippen molar-refractivity contribution in [3.8, 4) is 17.1 Å². The third-order valence-electron chi connectivity index (χ3n) is 5.20. The maximum atomic E-state index is 13.6. The van der Waals surface area contributed by atoms with Crippen LogP contribution in [0, 0.1) is 5.82 Å². The van der Waals surface area contributed by atoms with E-state index < -0.39 is 0 Å². The van der Waals surface area contributed by atoms with Crippen molar-refractivity contribution in [3.63, 3.8) is 0 Å². The van der Waals surface area contributed by atoms with Crippen LogP contribution in [0.1, 0.15) is 5.56 Å². The number of halogens is 1. The normalized spacial score (nSPS) is 15.7. The number of hydrogen-bond donors (Lipinski definition) is 2. The Kier molecular flexibility index (Phi) is 4.44. The minimum absolute atomic E-state index is 0.0848. The first-order valence-corrected chi connectivity index (χ1v) is 9.58. The van der Waals surface area contributed by atoms with Crippen LogP contribution in [0.25, 0.3) is 28.5 Å². The average Bonchev–Trinajstić information content (AvgIpc) is 3.21. The van der Waals surface area contributed by atoms with Crippen molar-refractivity contribution < 1.29 is 14.2 Å². The predicted octanol–water partition coefficient (Wildman–Crippen LogP) is 4.30. The molecule has 0 radical (unpaired) electrons. The third-order valence-corrected chi connectivity index (χ3v) is 5.20. The summed E-state index contributed by atoms with van der Waals surface area (Å²) < 4.78 is 19.6. The Hall–Kier alpha value is -3.71. The molecule has 30 heavy (non-hydrogen) atoms. The largest absolute Gasteiger partial charge is 0.488 e. The Bertz CT molecular complexity index is 1240. The van der Waals surface area contributed by atoms with Gasteiger partial charge in [0.15, 0.2) is 5.75 Å². The first kappa shape index (κ1) is 18.3. The number of aromatic amines is 1. The fourth-order valence-electron chi connectivity index (χ4n) is 3.72. The molecule has 0 bridgehead atoms. The minimum Gasteiger partial charge on any atom is -0.488 e. The van der Waals surface area contributed by atoms with E-state index in [1.54, 1.807) is 18.3 Å². The highest BCUT2D eigenvalue weighted by molar-refractivity contribution is 5.85. The summed E-state index contributed by atoms with van der Waals surface area (Å²) in [5.74, 6) is 1.60. The number of hydrogen-bond acceptors (Lipinski definition) is 5. The second-order valence-corrected chi connectivity index (χ2v) is 7.07. The van der Waals surface area contributed by atoms with E-state index in [9.17, 15) is 9.50 Å². The summed E-state index contributed by atoms with van der Waals surface area (Å²) in [6.07, 6.45) is 3.47. The predicted molar refractivity (Wildman–Crippen MR) is 114 cm³/mol. The summed E-state index contributed by atoms with van der Waals surface area (Å²) in [7, 11) is 0. The molecule has 3 heterocycles. The van der Waals surface area contributed by atoms with Gasteiger partial charge in [0.1, 0.15) is 24.1 Å². The summed E-state index contributed by atoms with van der Waals surface area (Å²) in [6, 6.07) is 13.7. The summed E-state index contributed by atoms with van der Waals surface area (Å²) in [5.41, 5.74) is 3.74. The molecule has 0 fully saturated rings. The summed E-state index contributed by atoms with van der Waals surface area (Å²) in [5, 5.41) is 9.94. The fourth-order valence-corrected chi connectivity index (χ4v) is 3.72. The van der Waals surface area contributed by atoms with Crippen LogP contribution in [0.5, 0.6) is 5.75 Å². The fraction of sp³-hybridized carbons (Fsp3) is 0.130. The lowest BCUT2D eigenvalue weighted by Gasteiger charge is -2.37. The number of para-hydroxylation sites is 1. The van der Waals surface area contributed by atoms with Gasteiger partial charge < -0.3 is 19.7 Å². The number of benzene rings is 2. The van der Waals surface area contributed by atoms with E-state index in [-0.39, 0.29) is 18.5 Å². The van der Waals surface area contributed by atoms with E-state index >= 15 is 0 Å². The van der Waals surface area contributed by atoms with E-state index in [2.05, 4.69) is 21.5 Å². The SMILES string of the molecule is C=Cc1ccc(N2c3cccc(-c4nc5ccc(F)cc5[nH]4)c3OC[C@@H]2CO)nc1. The molecule has 6 nitrogen and oxygen atoms in total. The molecule has 4 aromatic rings. The second kappa shape index (κ2) is 7.27. The number of ether oxygens (including phenoxy) is 1. The molecule has 1 aliphatic rings. The third kappa shape index (κ3) is 3.00. The first-order valence-electron chi connectivity index (χ1n) is 9.58. The van der Waals surface area contributed by atoms with Crippen LogP contribution < -0.4 is 9.64 Å². The molecule has 7 heteroatoms. The molecule has 150 valence electrons. The quantitative estimate of drug-likeness (QED) is 0.532. The topological polar surface area (TPSA) is 74.3 Å². The van der Waals surface area contributed by atoms with Gasteiger partial charge in [-0.2, -0.15) is 0 Å². The molecule has 2 N–H and O–H groups in total. The summed E-state index contributed by atoms with van der Waals surface area (Å²) in [6.45, 7) is 3.97. The molecule has 0 amide bonds. The van der Waals surface area contributed by atoms with Gasteiger partial charge in [0.2, 0.25) is 0 Å². The Labute approximate surface area is 172 Å². The number of nitrogens with zero attached hydrogens (tertiary/aromatic N) is 3. The summed E-state index contributed by atoms with van der Waals surface area (Å²) >= 11 is 0. The van der Waals surface area contributed by atoms with Crippen LogP contribution in [0.2, 0.25) is 0 Å². The van der Waals surface area contributed by atoms with Crippen LogP contribution in [-0.4, -0.2) is 39.3 Å². The maximum absolute atomic E-state index is 13.6. The van der Waals surface area contributed by atoms with Crippen molar-refractivity contribution in [1.29, 1.82) is 0 Å². The average molecular weight is 402 g/mol. The van der Waals surface area contributed by atoms with Gasteiger partial charge in [-0.05, 0) is 48.0 Å². The monoisotopic (exact) mass is 402 g/mol. The van der Waals surface area contributed by atoms with E-state index in [4.69, 9.17) is 4.74 Å². The molecule has 0 aliphatic carbocycles. The maximum Gasteiger partial charge on any atom is 0.154 e. The van der Waals surface area contributed by atoms with E-state index in [1.165, 1.54) is 12.1 Å². The van der Waals surface area contributed by atoms with Gasteiger partial charge in [-0.25, -0.2) is 14.4 Å².